The Balaban J connectivity index is 1.72. The lowest BCUT2D eigenvalue weighted by atomic mass is 9.90. The first-order valence-electron chi connectivity index (χ1n) is 8.33. The van der Waals surface area contributed by atoms with E-state index >= 15 is 0 Å². The molecule has 0 bridgehead atoms. The molecule has 1 heterocycles. The van der Waals surface area contributed by atoms with E-state index < -0.39 is 0 Å². The van der Waals surface area contributed by atoms with Gasteiger partial charge in [0, 0.05) is 12.6 Å². The van der Waals surface area contributed by atoms with Crippen molar-refractivity contribution >= 4 is 5.91 Å². The van der Waals surface area contributed by atoms with Gasteiger partial charge in [-0.25, -0.2) is 0 Å². The number of nitrogens with zero attached hydrogens (tertiary/aromatic N) is 1. The predicted molar refractivity (Wildman–Crippen MR) is 82.5 cm³/mol. The van der Waals surface area contributed by atoms with Gasteiger partial charge in [0.25, 0.3) is 0 Å². The van der Waals surface area contributed by atoms with Crippen LogP contribution in [-0.4, -0.2) is 43.0 Å². The van der Waals surface area contributed by atoms with Crippen molar-refractivity contribution in [2.24, 2.45) is 11.1 Å². The molecule has 3 N–H and O–H groups in total. The molecule has 0 spiro atoms. The number of rotatable bonds is 4. The molecule has 0 radical (unpaired) electrons. The molecular formula is C16H31N3O. The van der Waals surface area contributed by atoms with Crippen LogP contribution >= 0.6 is 0 Å². The van der Waals surface area contributed by atoms with E-state index in [-0.39, 0.29) is 11.3 Å². The zero-order valence-electron chi connectivity index (χ0n) is 13.0. The molecule has 116 valence electrons. The summed E-state index contributed by atoms with van der Waals surface area (Å²) in [6, 6.07) is 0.409. The Morgan fingerprint density at radius 3 is 2.50 bits per heavy atom. The molecule has 1 aliphatic carbocycles. The van der Waals surface area contributed by atoms with Gasteiger partial charge in [0.1, 0.15) is 0 Å². The minimum atomic E-state index is 0.205. The second-order valence-corrected chi connectivity index (χ2v) is 7.08. The molecule has 20 heavy (non-hydrogen) atoms. The van der Waals surface area contributed by atoms with E-state index in [2.05, 4.69) is 17.1 Å². The molecule has 1 aliphatic heterocycles. The van der Waals surface area contributed by atoms with Crippen molar-refractivity contribution in [1.29, 1.82) is 0 Å². The first kappa shape index (κ1) is 15.8. The fraction of sp³-hybridized carbons (Fsp3) is 0.938. The van der Waals surface area contributed by atoms with Crippen LogP contribution in [-0.2, 0) is 4.79 Å². The van der Waals surface area contributed by atoms with E-state index in [1.807, 2.05) is 0 Å². The molecule has 1 saturated carbocycles. The van der Waals surface area contributed by atoms with Crippen LogP contribution in [0.1, 0.15) is 58.3 Å². The zero-order chi connectivity index (χ0) is 14.4. The average molecular weight is 281 g/mol. The Bertz CT molecular complexity index is 304. The molecule has 2 rings (SSSR count). The van der Waals surface area contributed by atoms with Gasteiger partial charge in [-0.05, 0) is 37.8 Å². The maximum atomic E-state index is 12.2. The second-order valence-electron chi connectivity index (χ2n) is 7.08. The van der Waals surface area contributed by atoms with Crippen LogP contribution in [0.2, 0.25) is 0 Å². The average Bonchev–Trinajstić information content (AvgIpc) is 2.75. The highest BCUT2D eigenvalue weighted by Gasteiger charge is 2.33. The normalized spacial score (nSPS) is 29.9. The van der Waals surface area contributed by atoms with E-state index in [0.717, 1.165) is 32.4 Å². The number of nitrogens with two attached hydrogens (primary N) is 1. The first-order valence-corrected chi connectivity index (χ1v) is 8.33. The monoisotopic (exact) mass is 281 g/mol. The lowest BCUT2D eigenvalue weighted by Gasteiger charge is -2.24. The molecule has 4 nitrogen and oxygen atoms in total. The number of hydrogen-bond acceptors (Lipinski definition) is 3. The Hall–Kier alpha value is -0.610. The van der Waals surface area contributed by atoms with Gasteiger partial charge in [-0.2, -0.15) is 0 Å². The molecule has 1 saturated heterocycles. The zero-order valence-corrected chi connectivity index (χ0v) is 13.0. The largest absolute Gasteiger partial charge is 0.352 e. The third kappa shape index (κ3) is 4.74. The number of carbonyl (C=O) groups is 1. The summed E-state index contributed by atoms with van der Waals surface area (Å²) in [5.74, 6) is 0.205. The topological polar surface area (TPSA) is 58.4 Å². The van der Waals surface area contributed by atoms with Crippen molar-refractivity contribution in [3.05, 3.63) is 0 Å². The summed E-state index contributed by atoms with van der Waals surface area (Å²) in [4.78, 5) is 14.4. The molecular weight excluding hydrogens is 250 g/mol. The number of nitrogens with one attached hydrogen (secondary N) is 1. The Labute approximate surface area is 123 Å². The van der Waals surface area contributed by atoms with E-state index in [1.54, 1.807) is 0 Å². The van der Waals surface area contributed by atoms with Crippen LogP contribution in [0.3, 0.4) is 0 Å². The molecule has 0 aromatic rings. The molecule has 0 aromatic heterocycles. The van der Waals surface area contributed by atoms with Crippen LogP contribution in [0.25, 0.3) is 0 Å². The van der Waals surface area contributed by atoms with Crippen LogP contribution < -0.4 is 11.1 Å². The third-order valence-corrected chi connectivity index (χ3v) is 4.97. The summed E-state index contributed by atoms with van der Waals surface area (Å²) in [6.45, 7) is 5.45. The minimum Gasteiger partial charge on any atom is -0.352 e. The van der Waals surface area contributed by atoms with Gasteiger partial charge in [0.05, 0.1) is 6.54 Å². The summed E-state index contributed by atoms with van der Waals surface area (Å²) in [5, 5.41) is 3.25. The van der Waals surface area contributed by atoms with E-state index in [1.165, 1.54) is 32.1 Å². The molecule has 4 heteroatoms. The maximum Gasteiger partial charge on any atom is 0.234 e. The molecule has 2 fully saturated rings. The van der Waals surface area contributed by atoms with Crippen molar-refractivity contribution in [2.75, 3.05) is 26.2 Å². The molecule has 1 atom stereocenters. The molecule has 1 amide bonds. The van der Waals surface area contributed by atoms with Gasteiger partial charge in [-0.15, -0.1) is 0 Å². The summed E-state index contributed by atoms with van der Waals surface area (Å²) in [7, 11) is 0. The van der Waals surface area contributed by atoms with Crippen LogP contribution in [0.4, 0.5) is 0 Å². The summed E-state index contributed by atoms with van der Waals surface area (Å²) in [5.41, 5.74) is 6.02. The highest BCUT2D eigenvalue weighted by Crippen LogP contribution is 2.28. The van der Waals surface area contributed by atoms with Crippen LogP contribution in [0.5, 0.6) is 0 Å². The summed E-state index contributed by atoms with van der Waals surface area (Å²) >= 11 is 0. The lowest BCUT2D eigenvalue weighted by molar-refractivity contribution is -0.122. The van der Waals surface area contributed by atoms with Crippen molar-refractivity contribution in [1.82, 2.24) is 10.2 Å². The quantitative estimate of drug-likeness (QED) is 0.827. The SMILES string of the molecule is CC1(CN)CCN(CC(=O)NC2CCCCCCC2)C1. The lowest BCUT2D eigenvalue weighted by Crippen LogP contribution is -2.42. The van der Waals surface area contributed by atoms with E-state index in [0.29, 0.717) is 19.1 Å². The van der Waals surface area contributed by atoms with E-state index in [9.17, 15) is 4.79 Å². The predicted octanol–water partition coefficient (Wildman–Crippen LogP) is 1.89. The Morgan fingerprint density at radius 2 is 1.90 bits per heavy atom. The molecule has 2 aliphatic rings. The van der Waals surface area contributed by atoms with Gasteiger partial charge in [0.2, 0.25) is 5.91 Å². The first-order chi connectivity index (χ1) is 9.61. The number of carbonyl (C=O) groups excluding carboxylic acids is 1. The van der Waals surface area contributed by atoms with Gasteiger partial charge in [-0.3, -0.25) is 9.69 Å². The van der Waals surface area contributed by atoms with Gasteiger partial charge in [0.15, 0.2) is 0 Å². The fourth-order valence-electron chi connectivity index (χ4n) is 3.50. The summed E-state index contributed by atoms with van der Waals surface area (Å²) in [6.07, 6.45) is 9.98. The van der Waals surface area contributed by atoms with Gasteiger partial charge >= 0.3 is 0 Å². The standard InChI is InChI=1S/C16H31N3O/c1-16(12-17)9-10-19(13-16)11-15(20)18-14-7-5-3-2-4-6-8-14/h14H,2-13,17H2,1H3,(H,18,20). The third-order valence-electron chi connectivity index (χ3n) is 4.97. The van der Waals surface area contributed by atoms with Crippen molar-refractivity contribution in [3.8, 4) is 0 Å². The van der Waals surface area contributed by atoms with Crippen molar-refractivity contribution in [2.45, 2.75) is 64.3 Å². The van der Waals surface area contributed by atoms with Gasteiger partial charge < -0.3 is 11.1 Å². The van der Waals surface area contributed by atoms with Crippen LogP contribution in [0.15, 0.2) is 0 Å². The highest BCUT2D eigenvalue weighted by molar-refractivity contribution is 5.78. The maximum absolute atomic E-state index is 12.2. The highest BCUT2D eigenvalue weighted by atomic mass is 16.2. The number of hydrogen-bond donors (Lipinski definition) is 2. The Morgan fingerprint density at radius 1 is 1.25 bits per heavy atom. The van der Waals surface area contributed by atoms with Gasteiger partial charge in [-0.1, -0.05) is 39.0 Å². The molecule has 1 unspecified atom stereocenters. The number of amides is 1. The Kier molecular flexibility index (Phi) is 5.85. The van der Waals surface area contributed by atoms with Crippen molar-refractivity contribution in [3.63, 3.8) is 0 Å². The second kappa shape index (κ2) is 7.41. The van der Waals surface area contributed by atoms with E-state index in [4.69, 9.17) is 5.73 Å². The fourth-order valence-corrected chi connectivity index (χ4v) is 3.50. The number of likely N-dealkylation sites (tertiary alicyclic amines) is 1. The smallest absolute Gasteiger partial charge is 0.234 e. The molecule has 0 aromatic carbocycles. The van der Waals surface area contributed by atoms with Crippen molar-refractivity contribution < 1.29 is 4.79 Å². The van der Waals surface area contributed by atoms with Crippen LogP contribution in [0, 0.1) is 5.41 Å². The summed E-state index contributed by atoms with van der Waals surface area (Å²) < 4.78 is 0. The minimum absolute atomic E-state index is 0.205.